The molecule has 2 aromatic rings. The van der Waals surface area contributed by atoms with Gasteiger partial charge in [-0.25, -0.2) is 0 Å². The molecule has 0 saturated carbocycles. The van der Waals surface area contributed by atoms with Crippen molar-refractivity contribution in [2.75, 3.05) is 18.8 Å². The number of aromatic nitrogens is 2. The molecule has 0 bridgehead atoms. The molecule has 8 heteroatoms. The summed E-state index contributed by atoms with van der Waals surface area (Å²) in [6.07, 6.45) is 6.55. The Bertz CT molecular complexity index is 772. The third kappa shape index (κ3) is 4.95. The Morgan fingerprint density at radius 2 is 2.08 bits per heavy atom. The van der Waals surface area contributed by atoms with Crippen LogP contribution in [0.4, 0.5) is 0 Å². The van der Waals surface area contributed by atoms with Crippen LogP contribution in [0.25, 0.3) is 0 Å². The molecule has 2 N–H and O–H groups in total. The molecule has 1 aliphatic rings. The van der Waals surface area contributed by atoms with Crippen molar-refractivity contribution >= 4 is 23.6 Å². The van der Waals surface area contributed by atoms with Gasteiger partial charge < -0.3 is 15.4 Å². The summed E-state index contributed by atoms with van der Waals surface area (Å²) in [7, 11) is 0. The summed E-state index contributed by atoms with van der Waals surface area (Å²) in [6.45, 7) is 1.27. The molecule has 1 atom stereocenters. The van der Waals surface area contributed by atoms with E-state index in [0.29, 0.717) is 18.0 Å². The first-order valence-electron chi connectivity index (χ1n) is 8.35. The van der Waals surface area contributed by atoms with Gasteiger partial charge in [-0.15, -0.1) is 11.8 Å². The Balaban J connectivity index is 1.54. The lowest BCUT2D eigenvalue weighted by molar-refractivity contribution is -0.130. The van der Waals surface area contributed by atoms with E-state index in [1.807, 2.05) is 17.0 Å². The van der Waals surface area contributed by atoms with Gasteiger partial charge in [-0.2, -0.15) is 0 Å². The van der Waals surface area contributed by atoms with E-state index in [0.717, 1.165) is 24.3 Å². The minimum absolute atomic E-state index is 0.0904. The van der Waals surface area contributed by atoms with Crippen molar-refractivity contribution in [3.63, 3.8) is 0 Å². The zero-order valence-corrected chi connectivity index (χ0v) is 15.0. The summed E-state index contributed by atoms with van der Waals surface area (Å²) in [4.78, 5) is 34.4. The van der Waals surface area contributed by atoms with Crippen molar-refractivity contribution in [2.24, 2.45) is 5.73 Å². The Morgan fingerprint density at radius 1 is 1.27 bits per heavy atom. The maximum Gasteiger partial charge on any atom is 0.267 e. The second-order valence-corrected chi connectivity index (χ2v) is 6.98. The number of pyridine rings is 2. The van der Waals surface area contributed by atoms with Crippen LogP contribution in [-0.4, -0.2) is 51.6 Å². The minimum atomic E-state index is -0.593. The van der Waals surface area contributed by atoms with Gasteiger partial charge in [0.15, 0.2) is 0 Å². The standard InChI is InChI=1S/C18H20N4O3S/c19-18(24)16-10-13(3-8-21-16)25-14-2-1-9-22(11-14)17(23)12-26-15-4-6-20-7-5-15/h3-8,10,14H,1-2,9,11-12H2,(H2,19,24). The highest BCUT2D eigenvalue weighted by Gasteiger charge is 2.25. The first kappa shape index (κ1) is 18.2. The van der Waals surface area contributed by atoms with Crippen LogP contribution in [-0.2, 0) is 4.79 Å². The van der Waals surface area contributed by atoms with Crippen LogP contribution >= 0.6 is 11.8 Å². The molecule has 1 aliphatic heterocycles. The average molecular weight is 372 g/mol. The topological polar surface area (TPSA) is 98.4 Å². The number of thioether (sulfide) groups is 1. The van der Waals surface area contributed by atoms with Crippen molar-refractivity contribution in [2.45, 2.75) is 23.8 Å². The number of amides is 2. The summed E-state index contributed by atoms with van der Waals surface area (Å²) in [5.41, 5.74) is 5.41. The van der Waals surface area contributed by atoms with E-state index in [1.165, 1.54) is 24.0 Å². The lowest BCUT2D eigenvalue weighted by Gasteiger charge is -2.33. The fourth-order valence-electron chi connectivity index (χ4n) is 2.74. The van der Waals surface area contributed by atoms with Crippen LogP contribution < -0.4 is 10.5 Å². The quantitative estimate of drug-likeness (QED) is 0.776. The Kier molecular flexibility index (Phi) is 6.06. The number of rotatable bonds is 6. The molecule has 2 aromatic heterocycles. The largest absolute Gasteiger partial charge is 0.488 e. The first-order valence-corrected chi connectivity index (χ1v) is 9.33. The van der Waals surface area contributed by atoms with E-state index in [2.05, 4.69) is 9.97 Å². The second kappa shape index (κ2) is 8.66. The first-order chi connectivity index (χ1) is 12.6. The molecular formula is C18H20N4O3S. The SMILES string of the molecule is NC(=O)c1cc(OC2CCCN(C(=O)CSc3ccncc3)C2)ccn1. The molecule has 1 unspecified atom stereocenters. The van der Waals surface area contributed by atoms with Gasteiger partial charge in [-0.3, -0.25) is 19.6 Å². The van der Waals surface area contributed by atoms with Crippen molar-refractivity contribution in [1.82, 2.24) is 14.9 Å². The van der Waals surface area contributed by atoms with Gasteiger partial charge in [0.25, 0.3) is 5.91 Å². The summed E-state index contributed by atoms with van der Waals surface area (Å²) in [6, 6.07) is 6.99. The molecule has 3 heterocycles. The van der Waals surface area contributed by atoms with Crippen LogP contribution in [0.5, 0.6) is 5.75 Å². The Morgan fingerprint density at radius 3 is 2.85 bits per heavy atom. The maximum atomic E-state index is 12.5. The van der Waals surface area contributed by atoms with Crippen LogP contribution in [0.15, 0.2) is 47.8 Å². The van der Waals surface area contributed by atoms with Gasteiger partial charge in [-0.05, 0) is 31.0 Å². The van der Waals surface area contributed by atoms with E-state index in [9.17, 15) is 9.59 Å². The molecule has 1 saturated heterocycles. The van der Waals surface area contributed by atoms with E-state index in [-0.39, 0.29) is 17.7 Å². The second-order valence-electron chi connectivity index (χ2n) is 5.93. The summed E-state index contributed by atoms with van der Waals surface area (Å²) in [5, 5.41) is 0. The van der Waals surface area contributed by atoms with Gasteiger partial charge in [-0.1, -0.05) is 0 Å². The van der Waals surface area contributed by atoms with Gasteiger partial charge in [0.2, 0.25) is 5.91 Å². The normalized spacial score (nSPS) is 16.9. The minimum Gasteiger partial charge on any atom is -0.488 e. The highest BCUT2D eigenvalue weighted by atomic mass is 32.2. The zero-order valence-electron chi connectivity index (χ0n) is 14.2. The lowest BCUT2D eigenvalue weighted by Crippen LogP contribution is -2.45. The lowest BCUT2D eigenvalue weighted by atomic mass is 10.1. The third-order valence-electron chi connectivity index (χ3n) is 4.03. The molecule has 0 radical (unpaired) electrons. The van der Waals surface area contributed by atoms with Gasteiger partial charge in [0.1, 0.15) is 17.5 Å². The number of hydrogen-bond donors (Lipinski definition) is 1. The number of nitrogens with two attached hydrogens (primary N) is 1. The molecule has 26 heavy (non-hydrogen) atoms. The molecule has 0 aliphatic carbocycles. The van der Waals surface area contributed by atoms with E-state index >= 15 is 0 Å². The van der Waals surface area contributed by atoms with Crippen molar-refractivity contribution < 1.29 is 14.3 Å². The molecule has 0 spiro atoms. The fourth-order valence-corrected chi connectivity index (χ4v) is 3.53. The summed E-state index contributed by atoms with van der Waals surface area (Å²) >= 11 is 1.50. The van der Waals surface area contributed by atoms with Gasteiger partial charge in [0, 0.05) is 36.1 Å². The number of likely N-dealkylation sites (tertiary alicyclic amines) is 1. The molecule has 7 nitrogen and oxygen atoms in total. The Labute approximate surface area is 156 Å². The van der Waals surface area contributed by atoms with Crippen molar-refractivity contribution in [3.05, 3.63) is 48.5 Å². The van der Waals surface area contributed by atoms with Gasteiger partial charge in [0.05, 0.1) is 12.3 Å². The van der Waals surface area contributed by atoms with E-state index < -0.39 is 5.91 Å². The van der Waals surface area contributed by atoms with E-state index in [4.69, 9.17) is 10.5 Å². The van der Waals surface area contributed by atoms with Gasteiger partial charge >= 0.3 is 0 Å². The third-order valence-corrected chi connectivity index (χ3v) is 5.03. The monoisotopic (exact) mass is 372 g/mol. The number of piperidine rings is 1. The Hall–Kier alpha value is -2.61. The van der Waals surface area contributed by atoms with Crippen molar-refractivity contribution in [3.8, 4) is 5.75 Å². The maximum absolute atomic E-state index is 12.5. The predicted molar refractivity (Wildman–Crippen MR) is 97.9 cm³/mol. The number of nitrogens with zero attached hydrogens (tertiary/aromatic N) is 3. The number of primary amides is 1. The average Bonchev–Trinajstić information content (AvgIpc) is 2.67. The van der Waals surface area contributed by atoms with Crippen LogP contribution in [0.3, 0.4) is 0 Å². The summed E-state index contributed by atoms with van der Waals surface area (Å²) in [5.74, 6) is 0.425. The van der Waals surface area contributed by atoms with Crippen molar-refractivity contribution in [1.29, 1.82) is 0 Å². The highest BCUT2D eigenvalue weighted by molar-refractivity contribution is 8.00. The number of ether oxygens (including phenoxy) is 1. The number of carbonyl (C=O) groups excluding carboxylic acids is 2. The highest BCUT2D eigenvalue weighted by Crippen LogP contribution is 2.21. The molecule has 2 amide bonds. The number of hydrogen-bond acceptors (Lipinski definition) is 6. The molecular weight excluding hydrogens is 352 g/mol. The van der Waals surface area contributed by atoms with E-state index in [1.54, 1.807) is 18.5 Å². The summed E-state index contributed by atoms with van der Waals surface area (Å²) < 4.78 is 5.93. The number of carbonyl (C=O) groups is 2. The van der Waals surface area contributed by atoms with Crippen LogP contribution in [0.1, 0.15) is 23.3 Å². The molecule has 136 valence electrons. The zero-order chi connectivity index (χ0) is 18.4. The van der Waals surface area contributed by atoms with Crippen LogP contribution in [0, 0.1) is 0 Å². The molecule has 0 aromatic carbocycles. The molecule has 1 fully saturated rings. The van der Waals surface area contributed by atoms with Crippen LogP contribution in [0.2, 0.25) is 0 Å². The fraction of sp³-hybridized carbons (Fsp3) is 0.333. The smallest absolute Gasteiger partial charge is 0.267 e. The predicted octanol–water partition coefficient (Wildman–Crippen LogP) is 1.74. The molecule has 3 rings (SSSR count).